The molecular formula is C21H18Cl2N2O2S. The summed E-state index contributed by atoms with van der Waals surface area (Å²) in [5.41, 5.74) is 5.05. The molecule has 0 saturated carbocycles. The fourth-order valence-electron chi connectivity index (χ4n) is 3.54. The summed E-state index contributed by atoms with van der Waals surface area (Å²) in [6.07, 6.45) is 0. The molecule has 0 spiro atoms. The number of hydrogen-bond donors (Lipinski definition) is 1. The lowest BCUT2D eigenvalue weighted by molar-refractivity contribution is 0.319. The third-order valence-electron chi connectivity index (χ3n) is 4.91. The largest absolute Gasteiger partial charge is 0.256 e. The third-order valence-corrected chi connectivity index (χ3v) is 7.16. The van der Waals surface area contributed by atoms with Crippen LogP contribution in [0, 0.1) is 0 Å². The standard InChI is InChI=1S/C21H18Cl2N2O2S/c22-17-8-6-16(7-9-17)21-20(15-4-2-1-3-5-15)14-24-25(21)28(26,27)19-12-10-18(23)11-13-19/h1-13,20-21,24H,14H2. The molecule has 1 aliphatic rings. The maximum absolute atomic E-state index is 13.4. The molecule has 28 heavy (non-hydrogen) atoms. The number of sulfonamides is 1. The Kier molecular flexibility index (Phi) is 5.45. The van der Waals surface area contributed by atoms with Crippen molar-refractivity contribution in [3.05, 3.63) is 100 Å². The number of halogens is 2. The molecule has 0 amide bonds. The topological polar surface area (TPSA) is 49.4 Å². The summed E-state index contributed by atoms with van der Waals surface area (Å²) in [6, 6.07) is 23.0. The number of benzene rings is 3. The zero-order valence-electron chi connectivity index (χ0n) is 14.8. The molecular weight excluding hydrogens is 415 g/mol. The lowest BCUT2D eigenvalue weighted by Gasteiger charge is -2.27. The molecule has 0 bridgehead atoms. The molecule has 0 radical (unpaired) electrons. The van der Waals surface area contributed by atoms with Crippen LogP contribution in [0.15, 0.2) is 83.8 Å². The van der Waals surface area contributed by atoms with Crippen molar-refractivity contribution >= 4 is 33.2 Å². The lowest BCUT2D eigenvalue weighted by atomic mass is 9.89. The van der Waals surface area contributed by atoms with Gasteiger partial charge in [0.2, 0.25) is 0 Å². The van der Waals surface area contributed by atoms with E-state index in [0.717, 1.165) is 11.1 Å². The second kappa shape index (κ2) is 7.85. The fraction of sp³-hybridized carbons (Fsp3) is 0.143. The predicted octanol–water partition coefficient (Wildman–Crippen LogP) is 5.03. The van der Waals surface area contributed by atoms with E-state index in [2.05, 4.69) is 5.43 Å². The van der Waals surface area contributed by atoms with E-state index in [4.69, 9.17) is 23.2 Å². The fourth-order valence-corrected chi connectivity index (χ4v) is 5.32. The summed E-state index contributed by atoms with van der Waals surface area (Å²) in [5, 5.41) is 1.10. The Bertz CT molecular complexity index is 1060. The lowest BCUT2D eigenvalue weighted by Crippen LogP contribution is -2.38. The van der Waals surface area contributed by atoms with Gasteiger partial charge in [0.05, 0.1) is 10.9 Å². The highest BCUT2D eigenvalue weighted by Gasteiger charge is 2.43. The van der Waals surface area contributed by atoms with Crippen molar-refractivity contribution in [2.45, 2.75) is 16.9 Å². The molecule has 1 saturated heterocycles. The molecule has 3 aromatic rings. The number of hydrogen-bond acceptors (Lipinski definition) is 3. The van der Waals surface area contributed by atoms with Crippen molar-refractivity contribution in [3.63, 3.8) is 0 Å². The minimum Gasteiger partial charge on any atom is -0.240 e. The minimum atomic E-state index is -3.77. The highest BCUT2D eigenvalue weighted by atomic mass is 35.5. The van der Waals surface area contributed by atoms with Gasteiger partial charge in [-0.1, -0.05) is 65.7 Å². The van der Waals surface area contributed by atoms with Crippen molar-refractivity contribution in [2.75, 3.05) is 6.54 Å². The Hall–Kier alpha value is -1.89. The molecule has 0 aliphatic carbocycles. The first-order valence-corrected chi connectivity index (χ1v) is 11.0. The van der Waals surface area contributed by atoms with E-state index in [1.54, 1.807) is 24.3 Å². The molecule has 3 aromatic carbocycles. The van der Waals surface area contributed by atoms with Gasteiger partial charge in [0.15, 0.2) is 0 Å². The van der Waals surface area contributed by atoms with Crippen LogP contribution in [0.3, 0.4) is 0 Å². The van der Waals surface area contributed by atoms with Crippen LogP contribution < -0.4 is 5.43 Å². The van der Waals surface area contributed by atoms with E-state index in [1.165, 1.54) is 16.5 Å². The highest BCUT2D eigenvalue weighted by molar-refractivity contribution is 7.89. The van der Waals surface area contributed by atoms with Crippen molar-refractivity contribution < 1.29 is 8.42 Å². The summed E-state index contributed by atoms with van der Waals surface area (Å²) < 4.78 is 28.1. The van der Waals surface area contributed by atoms with E-state index < -0.39 is 16.1 Å². The summed E-state index contributed by atoms with van der Waals surface area (Å²) in [5.74, 6) is -0.0375. The monoisotopic (exact) mass is 432 g/mol. The summed E-state index contributed by atoms with van der Waals surface area (Å²) >= 11 is 12.0. The molecule has 4 rings (SSSR count). The van der Waals surface area contributed by atoms with Crippen molar-refractivity contribution in [3.8, 4) is 0 Å². The van der Waals surface area contributed by atoms with Crippen molar-refractivity contribution in [1.82, 2.24) is 9.84 Å². The van der Waals surface area contributed by atoms with E-state index in [0.29, 0.717) is 16.6 Å². The first kappa shape index (κ1) is 19.4. The predicted molar refractivity (Wildman–Crippen MR) is 112 cm³/mol. The van der Waals surface area contributed by atoms with E-state index in [-0.39, 0.29) is 10.8 Å². The van der Waals surface area contributed by atoms with Crippen LogP contribution in [0.5, 0.6) is 0 Å². The smallest absolute Gasteiger partial charge is 0.240 e. The molecule has 2 unspecified atom stereocenters. The van der Waals surface area contributed by atoms with E-state index >= 15 is 0 Å². The third kappa shape index (κ3) is 3.69. The van der Waals surface area contributed by atoms with Gasteiger partial charge in [-0.25, -0.2) is 13.8 Å². The Balaban J connectivity index is 1.79. The molecule has 1 aliphatic heterocycles. The normalized spacial score (nSPS) is 20.4. The number of hydrazine groups is 1. The first-order chi connectivity index (χ1) is 13.5. The molecule has 1 N–H and O–H groups in total. The van der Waals surface area contributed by atoms with Gasteiger partial charge in [-0.2, -0.15) is 0 Å². The van der Waals surface area contributed by atoms with Crippen LogP contribution in [-0.2, 0) is 10.0 Å². The van der Waals surface area contributed by atoms with Crippen LogP contribution in [0.2, 0.25) is 10.0 Å². The van der Waals surface area contributed by atoms with Crippen molar-refractivity contribution in [1.29, 1.82) is 0 Å². The van der Waals surface area contributed by atoms with Gasteiger partial charge < -0.3 is 0 Å². The molecule has 0 aromatic heterocycles. The summed E-state index contributed by atoms with van der Waals surface area (Å²) in [4.78, 5) is 0.192. The van der Waals surface area contributed by atoms with E-state index in [1.807, 2.05) is 42.5 Å². The Morgan fingerprint density at radius 1 is 0.786 bits per heavy atom. The van der Waals surface area contributed by atoms with Crippen LogP contribution in [0.4, 0.5) is 0 Å². The molecule has 4 nitrogen and oxygen atoms in total. The summed E-state index contributed by atoms with van der Waals surface area (Å²) in [7, 11) is -3.77. The van der Waals surface area contributed by atoms with Crippen LogP contribution in [0.25, 0.3) is 0 Å². The Morgan fingerprint density at radius 2 is 1.36 bits per heavy atom. The van der Waals surface area contributed by atoms with Gasteiger partial charge in [-0.15, -0.1) is 4.41 Å². The molecule has 7 heteroatoms. The first-order valence-electron chi connectivity index (χ1n) is 8.81. The Morgan fingerprint density at radius 3 is 1.96 bits per heavy atom. The summed E-state index contributed by atoms with van der Waals surface area (Å²) in [6.45, 7) is 0.504. The van der Waals surface area contributed by atoms with Gasteiger partial charge in [0.1, 0.15) is 0 Å². The van der Waals surface area contributed by atoms with Gasteiger partial charge in [0, 0.05) is 22.5 Å². The van der Waals surface area contributed by atoms with Crippen LogP contribution in [-0.4, -0.2) is 19.4 Å². The van der Waals surface area contributed by atoms with Crippen LogP contribution in [0.1, 0.15) is 23.1 Å². The minimum absolute atomic E-state index is 0.0375. The highest BCUT2D eigenvalue weighted by Crippen LogP contribution is 2.41. The van der Waals surface area contributed by atoms with Gasteiger partial charge in [-0.3, -0.25) is 0 Å². The average Bonchev–Trinajstić information content (AvgIpc) is 3.15. The van der Waals surface area contributed by atoms with E-state index in [9.17, 15) is 8.42 Å². The second-order valence-corrected chi connectivity index (χ2v) is 9.32. The van der Waals surface area contributed by atoms with Crippen molar-refractivity contribution in [2.24, 2.45) is 0 Å². The SMILES string of the molecule is O=S(=O)(c1ccc(Cl)cc1)N1NCC(c2ccccc2)C1c1ccc(Cl)cc1. The second-order valence-electron chi connectivity index (χ2n) is 6.63. The number of nitrogens with one attached hydrogen (secondary N) is 1. The van der Waals surface area contributed by atoms with Gasteiger partial charge in [0.25, 0.3) is 10.0 Å². The molecule has 2 atom stereocenters. The van der Waals surface area contributed by atoms with Gasteiger partial charge in [-0.05, 0) is 47.5 Å². The number of nitrogens with zero attached hydrogens (tertiary/aromatic N) is 1. The quantitative estimate of drug-likeness (QED) is 0.628. The maximum atomic E-state index is 13.4. The zero-order valence-corrected chi connectivity index (χ0v) is 17.1. The number of rotatable bonds is 4. The maximum Gasteiger partial charge on any atom is 0.256 e. The molecule has 1 heterocycles. The Labute approximate surface area is 174 Å². The molecule has 1 fully saturated rings. The molecule has 144 valence electrons. The average molecular weight is 433 g/mol. The van der Waals surface area contributed by atoms with Gasteiger partial charge >= 0.3 is 0 Å². The zero-order chi connectivity index (χ0) is 19.7. The van der Waals surface area contributed by atoms with Crippen LogP contribution >= 0.6 is 23.2 Å².